The van der Waals surface area contributed by atoms with Gasteiger partial charge in [-0.1, -0.05) is 6.92 Å². The highest BCUT2D eigenvalue weighted by molar-refractivity contribution is 5.85. The van der Waals surface area contributed by atoms with E-state index in [0.29, 0.717) is 0 Å². The summed E-state index contributed by atoms with van der Waals surface area (Å²) in [5, 5.41) is 3.44. The molecule has 3 fully saturated rings. The molecule has 3 unspecified atom stereocenters. The van der Waals surface area contributed by atoms with Crippen LogP contribution in [0.4, 0.5) is 0 Å². The first-order chi connectivity index (χ1) is 7.83. The van der Waals surface area contributed by atoms with Gasteiger partial charge in [-0.3, -0.25) is 4.90 Å². The Morgan fingerprint density at radius 1 is 1.18 bits per heavy atom. The van der Waals surface area contributed by atoms with Gasteiger partial charge in [-0.15, -0.1) is 12.4 Å². The highest BCUT2D eigenvalue weighted by atomic mass is 35.5. The van der Waals surface area contributed by atoms with Crippen molar-refractivity contribution in [3.8, 4) is 0 Å². The van der Waals surface area contributed by atoms with Gasteiger partial charge in [0.25, 0.3) is 0 Å². The van der Waals surface area contributed by atoms with Crippen LogP contribution in [0.15, 0.2) is 0 Å². The average molecular weight is 260 g/mol. The van der Waals surface area contributed by atoms with Gasteiger partial charge < -0.3 is 10.2 Å². The third kappa shape index (κ3) is 3.34. The summed E-state index contributed by atoms with van der Waals surface area (Å²) in [5.74, 6) is 2.04. The highest BCUT2D eigenvalue weighted by Gasteiger charge is 2.36. The van der Waals surface area contributed by atoms with E-state index in [9.17, 15) is 0 Å². The molecule has 17 heavy (non-hydrogen) atoms. The number of halogens is 1. The normalized spacial score (nSPS) is 39.0. The summed E-state index contributed by atoms with van der Waals surface area (Å²) in [4.78, 5) is 5.41. The summed E-state index contributed by atoms with van der Waals surface area (Å²) < 4.78 is 0. The van der Waals surface area contributed by atoms with Crippen LogP contribution in [0.3, 0.4) is 0 Å². The second kappa shape index (κ2) is 5.87. The quantitative estimate of drug-likeness (QED) is 0.817. The Morgan fingerprint density at radius 2 is 1.88 bits per heavy atom. The molecular weight excluding hydrogens is 234 g/mol. The maximum absolute atomic E-state index is 3.44. The van der Waals surface area contributed by atoms with E-state index in [1.165, 1.54) is 58.7 Å². The van der Waals surface area contributed by atoms with Crippen molar-refractivity contribution in [1.82, 2.24) is 15.1 Å². The Labute approximate surface area is 111 Å². The van der Waals surface area contributed by atoms with Crippen molar-refractivity contribution >= 4 is 12.4 Å². The van der Waals surface area contributed by atoms with E-state index >= 15 is 0 Å². The van der Waals surface area contributed by atoms with Gasteiger partial charge in [0.15, 0.2) is 0 Å². The van der Waals surface area contributed by atoms with Crippen molar-refractivity contribution in [2.45, 2.75) is 25.8 Å². The zero-order chi connectivity index (χ0) is 11.0. The van der Waals surface area contributed by atoms with Crippen molar-refractivity contribution in [3.05, 3.63) is 0 Å². The monoisotopic (exact) mass is 259 g/mol. The van der Waals surface area contributed by atoms with Gasteiger partial charge in [0, 0.05) is 45.3 Å². The minimum atomic E-state index is 0. The summed E-state index contributed by atoms with van der Waals surface area (Å²) in [6.07, 6.45) is 2.88. The second-order valence-corrected chi connectivity index (χ2v) is 5.96. The molecule has 3 rings (SSSR count). The van der Waals surface area contributed by atoms with Crippen molar-refractivity contribution in [3.63, 3.8) is 0 Å². The Kier molecular flexibility index (Phi) is 4.70. The lowest BCUT2D eigenvalue weighted by molar-refractivity contribution is 0.170. The molecule has 2 heterocycles. The largest absolute Gasteiger partial charge is 0.314 e. The maximum Gasteiger partial charge on any atom is 0.0236 e. The molecule has 0 bridgehead atoms. The Balaban J connectivity index is 0.00000108. The van der Waals surface area contributed by atoms with Crippen LogP contribution in [0.5, 0.6) is 0 Å². The lowest BCUT2D eigenvalue weighted by atomic mass is 10.2. The van der Waals surface area contributed by atoms with Crippen molar-refractivity contribution in [2.24, 2.45) is 11.8 Å². The molecule has 0 aromatic heterocycles. The van der Waals surface area contributed by atoms with E-state index < -0.39 is 0 Å². The van der Waals surface area contributed by atoms with E-state index in [2.05, 4.69) is 22.0 Å². The summed E-state index contributed by atoms with van der Waals surface area (Å²) >= 11 is 0. The van der Waals surface area contributed by atoms with Gasteiger partial charge in [0.2, 0.25) is 0 Å². The first kappa shape index (κ1) is 13.6. The van der Waals surface area contributed by atoms with Crippen LogP contribution in [0.2, 0.25) is 0 Å². The van der Waals surface area contributed by atoms with Gasteiger partial charge in [0.05, 0.1) is 0 Å². The molecule has 3 nitrogen and oxygen atoms in total. The van der Waals surface area contributed by atoms with Crippen LogP contribution < -0.4 is 5.32 Å². The van der Waals surface area contributed by atoms with E-state index in [0.717, 1.165) is 17.9 Å². The Morgan fingerprint density at radius 3 is 2.53 bits per heavy atom. The van der Waals surface area contributed by atoms with Gasteiger partial charge in [0.1, 0.15) is 0 Å². The molecule has 0 aromatic carbocycles. The molecule has 0 radical (unpaired) electrons. The van der Waals surface area contributed by atoms with Crippen LogP contribution in [0, 0.1) is 11.8 Å². The van der Waals surface area contributed by atoms with E-state index in [-0.39, 0.29) is 12.4 Å². The minimum absolute atomic E-state index is 0. The molecule has 3 aliphatic rings. The Hall–Kier alpha value is 0.170. The fourth-order valence-corrected chi connectivity index (χ4v) is 3.31. The van der Waals surface area contributed by atoms with Crippen molar-refractivity contribution in [2.75, 3.05) is 45.8 Å². The predicted octanol–water partition coefficient (Wildman–Crippen LogP) is 1.04. The molecule has 4 heteroatoms. The molecule has 1 aliphatic carbocycles. The molecule has 1 saturated carbocycles. The lowest BCUT2D eigenvalue weighted by Crippen LogP contribution is -2.49. The minimum Gasteiger partial charge on any atom is -0.314 e. The highest BCUT2D eigenvalue weighted by Crippen LogP contribution is 2.38. The number of piperazine rings is 1. The number of nitrogens with zero attached hydrogens (tertiary/aromatic N) is 2. The maximum atomic E-state index is 3.44. The molecule has 0 aromatic rings. The van der Waals surface area contributed by atoms with Crippen LogP contribution >= 0.6 is 12.4 Å². The zero-order valence-corrected chi connectivity index (χ0v) is 11.7. The summed E-state index contributed by atoms with van der Waals surface area (Å²) in [6.45, 7) is 11.4. The Bertz CT molecular complexity index is 243. The summed E-state index contributed by atoms with van der Waals surface area (Å²) in [6, 6.07) is 0.858. The first-order valence-electron chi connectivity index (χ1n) is 7.00. The van der Waals surface area contributed by atoms with Crippen molar-refractivity contribution in [1.29, 1.82) is 0 Å². The molecule has 0 spiro atoms. The van der Waals surface area contributed by atoms with Crippen LogP contribution in [0.1, 0.15) is 19.8 Å². The summed E-state index contributed by atoms with van der Waals surface area (Å²) in [7, 11) is 0. The number of hydrogen-bond donors (Lipinski definition) is 1. The number of nitrogens with one attached hydrogen (secondary N) is 1. The molecule has 2 saturated heterocycles. The first-order valence-corrected chi connectivity index (χ1v) is 7.00. The zero-order valence-electron chi connectivity index (χ0n) is 10.9. The van der Waals surface area contributed by atoms with Crippen LogP contribution in [-0.4, -0.2) is 61.7 Å². The number of likely N-dealkylation sites (tertiary alicyclic amines) is 1. The topological polar surface area (TPSA) is 18.5 Å². The molecule has 3 atom stereocenters. The van der Waals surface area contributed by atoms with E-state index in [1.807, 2.05) is 0 Å². The fourth-order valence-electron chi connectivity index (χ4n) is 3.31. The van der Waals surface area contributed by atoms with E-state index in [4.69, 9.17) is 0 Å². The van der Waals surface area contributed by atoms with Crippen LogP contribution in [0.25, 0.3) is 0 Å². The molecule has 1 N–H and O–H groups in total. The lowest BCUT2D eigenvalue weighted by Gasteiger charge is -2.32. The second-order valence-electron chi connectivity index (χ2n) is 5.96. The van der Waals surface area contributed by atoms with Crippen LogP contribution in [-0.2, 0) is 0 Å². The van der Waals surface area contributed by atoms with Gasteiger partial charge in [-0.05, 0) is 31.2 Å². The average Bonchev–Trinajstić information content (AvgIpc) is 2.80. The van der Waals surface area contributed by atoms with E-state index in [1.54, 1.807) is 0 Å². The standard InChI is InChI=1S/C13H25N3.ClH/c1-11-8-12(11)9-15-5-2-13(10-15)16-6-3-14-4-7-16;/h11-14H,2-10H2,1H3;1H. The molecular formula is C13H26ClN3. The molecule has 100 valence electrons. The predicted molar refractivity (Wildman–Crippen MR) is 73.8 cm³/mol. The molecule has 0 amide bonds. The number of rotatable bonds is 3. The van der Waals surface area contributed by atoms with Gasteiger partial charge >= 0.3 is 0 Å². The third-order valence-electron chi connectivity index (χ3n) is 4.68. The SMILES string of the molecule is CC1CC1CN1CCC(N2CCNCC2)C1.Cl. The van der Waals surface area contributed by atoms with Crippen molar-refractivity contribution < 1.29 is 0 Å². The third-order valence-corrected chi connectivity index (χ3v) is 4.68. The van der Waals surface area contributed by atoms with Gasteiger partial charge in [-0.2, -0.15) is 0 Å². The van der Waals surface area contributed by atoms with Gasteiger partial charge in [-0.25, -0.2) is 0 Å². The smallest absolute Gasteiger partial charge is 0.0236 e. The fraction of sp³-hybridized carbons (Fsp3) is 1.00. The summed E-state index contributed by atoms with van der Waals surface area (Å²) in [5.41, 5.74) is 0. The molecule has 2 aliphatic heterocycles. The number of hydrogen-bond acceptors (Lipinski definition) is 3.